The minimum Gasteiger partial charge on any atom is -0.309 e. The van der Waals surface area contributed by atoms with E-state index in [1.54, 1.807) is 6.20 Å². The van der Waals surface area contributed by atoms with E-state index in [2.05, 4.69) is 9.59 Å². The average Bonchev–Trinajstić information content (AvgIpc) is 2.90. The van der Waals surface area contributed by atoms with Gasteiger partial charge in [-0.3, -0.25) is 4.79 Å². The molecular formula is C13H15N3OS2. The predicted octanol–water partition coefficient (Wildman–Crippen LogP) is 3.07. The highest BCUT2D eigenvalue weighted by Gasteiger charge is 2.19. The molecule has 0 saturated heterocycles. The van der Waals surface area contributed by atoms with Crippen LogP contribution in [0.15, 0.2) is 40.7 Å². The molecule has 0 aliphatic carbocycles. The van der Waals surface area contributed by atoms with Crippen molar-refractivity contribution < 1.29 is 4.79 Å². The topological polar surface area (TPSA) is 46.1 Å². The minimum atomic E-state index is 0.0969. The number of anilines is 1. The van der Waals surface area contributed by atoms with E-state index in [1.807, 2.05) is 49.1 Å². The van der Waals surface area contributed by atoms with Crippen LogP contribution in [0, 0.1) is 0 Å². The van der Waals surface area contributed by atoms with Crippen molar-refractivity contribution in [2.24, 2.45) is 0 Å². The van der Waals surface area contributed by atoms with Crippen LogP contribution < -0.4 is 4.90 Å². The van der Waals surface area contributed by atoms with Crippen LogP contribution in [0.5, 0.6) is 0 Å². The summed E-state index contributed by atoms with van der Waals surface area (Å²) in [5.41, 5.74) is 0.936. The van der Waals surface area contributed by atoms with E-state index in [9.17, 15) is 4.79 Å². The molecule has 6 heteroatoms. The molecule has 0 fully saturated rings. The molecule has 0 bridgehead atoms. The number of hydrogen-bond acceptors (Lipinski definition) is 5. The van der Waals surface area contributed by atoms with E-state index in [-0.39, 0.29) is 11.9 Å². The Labute approximate surface area is 121 Å². The molecule has 2 rings (SSSR count). The SMILES string of the molecule is CC(C)N(C(=O)CSc1cnns1)c1ccccc1. The van der Waals surface area contributed by atoms with Crippen molar-refractivity contribution in [2.45, 2.75) is 24.1 Å². The summed E-state index contributed by atoms with van der Waals surface area (Å²) in [5.74, 6) is 0.497. The summed E-state index contributed by atoms with van der Waals surface area (Å²) in [4.78, 5) is 14.2. The smallest absolute Gasteiger partial charge is 0.237 e. The number of hydrogen-bond donors (Lipinski definition) is 0. The van der Waals surface area contributed by atoms with E-state index < -0.39 is 0 Å². The molecule has 2 aromatic rings. The van der Waals surface area contributed by atoms with Crippen LogP contribution in [0.2, 0.25) is 0 Å². The highest BCUT2D eigenvalue weighted by Crippen LogP contribution is 2.23. The van der Waals surface area contributed by atoms with E-state index in [1.165, 1.54) is 23.3 Å². The molecule has 0 spiro atoms. The van der Waals surface area contributed by atoms with Gasteiger partial charge in [0.05, 0.1) is 11.9 Å². The number of amides is 1. The predicted molar refractivity (Wildman–Crippen MR) is 79.7 cm³/mol. The Hall–Kier alpha value is -1.40. The lowest BCUT2D eigenvalue weighted by Gasteiger charge is -2.26. The second-order valence-electron chi connectivity index (χ2n) is 4.22. The molecule has 0 saturated carbocycles. The van der Waals surface area contributed by atoms with Crippen LogP contribution >= 0.6 is 23.3 Å². The summed E-state index contributed by atoms with van der Waals surface area (Å²) < 4.78 is 4.75. The van der Waals surface area contributed by atoms with Crippen molar-refractivity contribution in [3.8, 4) is 0 Å². The number of para-hydroxylation sites is 1. The summed E-state index contributed by atoms with van der Waals surface area (Å²) in [6.45, 7) is 4.04. The summed E-state index contributed by atoms with van der Waals surface area (Å²) in [6, 6.07) is 9.88. The molecule has 1 heterocycles. The van der Waals surface area contributed by atoms with E-state index in [0.717, 1.165) is 9.90 Å². The standard InChI is InChI=1S/C13H15N3OS2/c1-10(2)16(11-6-4-3-5-7-11)12(17)9-18-13-8-14-15-19-13/h3-8,10H,9H2,1-2H3. The van der Waals surface area contributed by atoms with Crippen LogP contribution in [0.1, 0.15) is 13.8 Å². The number of carbonyl (C=O) groups is 1. The molecule has 0 atom stereocenters. The summed E-state index contributed by atoms with van der Waals surface area (Å²) in [6.07, 6.45) is 1.69. The third-order valence-electron chi connectivity index (χ3n) is 2.50. The Morgan fingerprint density at radius 2 is 2.11 bits per heavy atom. The number of nitrogens with zero attached hydrogens (tertiary/aromatic N) is 3. The molecule has 1 aromatic carbocycles. The van der Waals surface area contributed by atoms with Crippen LogP contribution in [-0.2, 0) is 4.79 Å². The maximum atomic E-state index is 12.3. The fourth-order valence-corrected chi connectivity index (χ4v) is 3.03. The van der Waals surface area contributed by atoms with Gasteiger partial charge < -0.3 is 4.90 Å². The maximum Gasteiger partial charge on any atom is 0.237 e. The highest BCUT2D eigenvalue weighted by molar-refractivity contribution is 8.01. The van der Waals surface area contributed by atoms with Crippen LogP contribution in [0.4, 0.5) is 5.69 Å². The first kappa shape index (κ1) is 14.0. The normalized spacial score (nSPS) is 10.7. The van der Waals surface area contributed by atoms with Gasteiger partial charge in [0.1, 0.15) is 4.21 Å². The third-order valence-corrected chi connectivity index (χ3v) is 4.32. The van der Waals surface area contributed by atoms with Crippen molar-refractivity contribution in [3.05, 3.63) is 36.5 Å². The second-order valence-corrected chi connectivity index (χ2v) is 6.28. The first-order chi connectivity index (χ1) is 9.18. The summed E-state index contributed by atoms with van der Waals surface area (Å²) >= 11 is 2.79. The average molecular weight is 293 g/mol. The van der Waals surface area contributed by atoms with Gasteiger partial charge in [-0.2, -0.15) is 0 Å². The monoisotopic (exact) mass is 293 g/mol. The van der Waals surface area contributed by atoms with E-state index >= 15 is 0 Å². The second kappa shape index (κ2) is 6.68. The van der Waals surface area contributed by atoms with Gasteiger partial charge in [0.25, 0.3) is 0 Å². The number of carbonyl (C=O) groups excluding carboxylic acids is 1. The summed E-state index contributed by atoms with van der Waals surface area (Å²) in [7, 11) is 0. The largest absolute Gasteiger partial charge is 0.309 e. The molecule has 1 amide bonds. The number of thioether (sulfide) groups is 1. The van der Waals surface area contributed by atoms with Crippen LogP contribution in [0.25, 0.3) is 0 Å². The fourth-order valence-electron chi connectivity index (χ4n) is 1.74. The molecule has 0 N–H and O–H groups in total. The van der Waals surface area contributed by atoms with Crippen LogP contribution in [0.3, 0.4) is 0 Å². The van der Waals surface area contributed by atoms with Crippen molar-refractivity contribution in [2.75, 3.05) is 10.7 Å². The Bertz CT molecular complexity index is 514. The molecule has 100 valence electrons. The molecule has 0 aliphatic heterocycles. The van der Waals surface area contributed by atoms with Gasteiger partial charge >= 0.3 is 0 Å². The van der Waals surface area contributed by atoms with Gasteiger partial charge in [0, 0.05) is 11.7 Å². The van der Waals surface area contributed by atoms with E-state index in [0.29, 0.717) is 5.75 Å². The van der Waals surface area contributed by atoms with Crippen molar-refractivity contribution in [3.63, 3.8) is 0 Å². The van der Waals surface area contributed by atoms with Crippen molar-refractivity contribution in [1.82, 2.24) is 9.59 Å². The minimum absolute atomic E-state index is 0.0969. The Morgan fingerprint density at radius 3 is 2.68 bits per heavy atom. The number of aromatic nitrogens is 2. The molecule has 0 aliphatic rings. The number of rotatable bonds is 5. The van der Waals surface area contributed by atoms with Gasteiger partial charge in [-0.25, -0.2) is 0 Å². The Kier molecular flexibility index (Phi) is 4.93. The number of benzene rings is 1. The van der Waals surface area contributed by atoms with Crippen molar-refractivity contribution >= 4 is 34.9 Å². The molecule has 0 radical (unpaired) electrons. The molecular weight excluding hydrogens is 278 g/mol. The lowest BCUT2D eigenvalue weighted by molar-refractivity contribution is -0.116. The zero-order valence-corrected chi connectivity index (χ0v) is 12.4. The third kappa shape index (κ3) is 3.78. The fraction of sp³-hybridized carbons (Fsp3) is 0.308. The van der Waals surface area contributed by atoms with E-state index in [4.69, 9.17) is 0 Å². The Balaban J connectivity index is 2.05. The van der Waals surface area contributed by atoms with Gasteiger partial charge in [-0.15, -0.1) is 16.9 Å². The first-order valence-corrected chi connectivity index (χ1v) is 7.71. The lowest BCUT2D eigenvalue weighted by atomic mass is 10.2. The molecule has 19 heavy (non-hydrogen) atoms. The Morgan fingerprint density at radius 1 is 1.37 bits per heavy atom. The lowest BCUT2D eigenvalue weighted by Crippen LogP contribution is -2.38. The van der Waals surface area contributed by atoms with Crippen LogP contribution in [-0.4, -0.2) is 27.3 Å². The maximum absolute atomic E-state index is 12.3. The zero-order chi connectivity index (χ0) is 13.7. The van der Waals surface area contributed by atoms with Crippen molar-refractivity contribution in [1.29, 1.82) is 0 Å². The highest BCUT2D eigenvalue weighted by atomic mass is 32.2. The van der Waals surface area contributed by atoms with Gasteiger partial charge in [-0.1, -0.05) is 22.7 Å². The first-order valence-electron chi connectivity index (χ1n) is 5.95. The molecule has 1 aromatic heterocycles. The quantitative estimate of drug-likeness (QED) is 0.795. The van der Waals surface area contributed by atoms with Gasteiger partial charge in [0.15, 0.2) is 0 Å². The van der Waals surface area contributed by atoms with Gasteiger partial charge in [0.2, 0.25) is 5.91 Å². The molecule has 4 nitrogen and oxygen atoms in total. The molecule has 0 unspecified atom stereocenters. The zero-order valence-electron chi connectivity index (χ0n) is 10.8. The summed E-state index contributed by atoms with van der Waals surface area (Å²) in [5, 5.41) is 3.76. The van der Waals surface area contributed by atoms with Gasteiger partial charge in [-0.05, 0) is 37.5 Å².